The largest absolute Gasteiger partial charge is 0.324 e. The summed E-state index contributed by atoms with van der Waals surface area (Å²) in [6.45, 7) is 8.78. The van der Waals surface area contributed by atoms with E-state index in [0.29, 0.717) is 6.54 Å². The number of hydrogen-bond acceptors (Lipinski definition) is 2. The number of nitrogens with zero attached hydrogens (tertiary/aromatic N) is 1. The zero-order valence-corrected chi connectivity index (χ0v) is 12.3. The third kappa shape index (κ3) is 4.24. The second-order valence-corrected chi connectivity index (χ2v) is 4.88. The fourth-order valence-electron chi connectivity index (χ4n) is 1.94. The Morgan fingerprint density at radius 1 is 1.26 bits per heavy atom. The van der Waals surface area contributed by atoms with Gasteiger partial charge >= 0.3 is 6.03 Å². The molecule has 19 heavy (non-hydrogen) atoms. The Morgan fingerprint density at radius 3 is 2.26 bits per heavy atom. The van der Waals surface area contributed by atoms with Crippen molar-refractivity contribution in [3.63, 3.8) is 0 Å². The fraction of sp³-hybridized carbons (Fsp3) is 0.533. The summed E-state index contributed by atoms with van der Waals surface area (Å²) >= 11 is 0. The van der Waals surface area contributed by atoms with E-state index in [1.54, 1.807) is 0 Å². The summed E-state index contributed by atoms with van der Waals surface area (Å²) < 4.78 is 0. The topological polar surface area (TPSA) is 58.4 Å². The second-order valence-electron chi connectivity index (χ2n) is 4.88. The fourth-order valence-corrected chi connectivity index (χ4v) is 1.94. The molecule has 1 aromatic carbocycles. The average Bonchev–Trinajstić information content (AvgIpc) is 2.39. The number of anilines is 1. The first-order chi connectivity index (χ1) is 8.99. The third-order valence-corrected chi connectivity index (χ3v) is 3.41. The highest BCUT2D eigenvalue weighted by atomic mass is 16.2. The van der Waals surface area contributed by atoms with Crippen LogP contribution < -0.4 is 11.1 Å². The molecule has 1 rings (SSSR count). The van der Waals surface area contributed by atoms with Gasteiger partial charge in [-0.2, -0.15) is 0 Å². The van der Waals surface area contributed by atoms with Gasteiger partial charge < -0.3 is 16.0 Å². The molecule has 4 nitrogen and oxygen atoms in total. The second kappa shape index (κ2) is 7.14. The standard InChI is InChI=1S/C15H25N3O/c1-5-11(3)18(6-2)15(19)17-14-9-7-13(8-10-14)12(4)16/h7-12H,5-6,16H2,1-4H3,(H,17,19). The lowest BCUT2D eigenvalue weighted by atomic mass is 10.1. The monoisotopic (exact) mass is 263 g/mol. The zero-order valence-electron chi connectivity index (χ0n) is 12.3. The van der Waals surface area contributed by atoms with Gasteiger partial charge in [0, 0.05) is 24.3 Å². The molecule has 0 aromatic heterocycles. The number of amides is 2. The van der Waals surface area contributed by atoms with E-state index in [0.717, 1.165) is 17.7 Å². The Balaban J connectivity index is 2.70. The van der Waals surface area contributed by atoms with Gasteiger partial charge in [-0.25, -0.2) is 4.79 Å². The first kappa shape index (κ1) is 15.5. The van der Waals surface area contributed by atoms with E-state index in [-0.39, 0.29) is 18.1 Å². The summed E-state index contributed by atoms with van der Waals surface area (Å²) in [5.74, 6) is 0. The van der Waals surface area contributed by atoms with Crippen LogP contribution in [0.3, 0.4) is 0 Å². The van der Waals surface area contributed by atoms with Crippen LogP contribution in [0.25, 0.3) is 0 Å². The van der Waals surface area contributed by atoms with Crippen molar-refractivity contribution in [2.45, 2.75) is 46.2 Å². The van der Waals surface area contributed by atoms with Gasteiger partial charge in [-0.15, -0.1) is 0 Å². The number of carbonyl (C=O) groups excluding carboxylic acids is 1. The average molecular weight is 263 g/mol. The maximum absolute atomic E-state index is 12.2. The summed E-state index contributed by atoms with van der Waals surface area (Å²) in [6, 6.07) is 7.87. The highest BCUT2D eigenvalue weighted by Crippen LogP contribution is 2.15. The van der Waals surface area contributed by atoms with Gasteiger partial charge in [-0.05, 0) is 44.9 Å². The molecule has 0 aliphatic carbocycles. The SMILES string of the molecule is CCC(C)N(CC)C(=O)Nc1ccc(C(C)N)cc1. The van der Waals surface area contributed by atoms with E-state index in [4.69, 9.17) is 5.73 Å². The van der Waals surface area contributed by atoms with Crippen LogP contribution in [0.2, 0.25) is 0 Å². The Labute approximate surface area is 116 Å². The molecule has 4 heteroatoms. The van der Waals surface area contributed by atoms with Gasteiger partial charge in [0.1, 0.15) is 0 Å². The summed E-state index contributed by atoms with van der Waals surface area (Å²) in [5.41, 5.74) is 7.66. The molecule has 2 amide bonds. The molecule has 2 atom stereocenters. The smallest absolute Gasteiger partial charge is 0.322 e. The van der Waals surface area contributed by atoms with Gasteiger partial charge in [0.15, 0.2) is 0 Å². The maximum Gasteiger partial charge on any atom is 0.322 e. The first-order valence-electron chi connectivity index (χ1n) is 6.92. The minimum Gasteiger partial charge on any atom is -0.324 e. The number of benzene rings is 1. The van der Waals surface area contributed by atoms with Crippen LogP contribution in [0.1, 0.15) is 45.7 Å². The minimum atomic E-state index is -0.0506. The number of urea groups is 1. The van der Waals surface area contributed by atoms with Crippen LogP contribution in [0, 0.1) is 0 Å². The Bertz CT molecular complexity index is 400. The molecular formula is C15H25N3O. The molecule has 0 saturated heterocycles. The Kier molecular flexibility index (Phi) is 5.83. The Hall–Kier alpha value is -1.55. The van der Waals surface area contributed by atoms with Crippen molar-refractivity contribution < 1.29 is 4.79 Å². The van der Waals surface area contributed by atoms with E-state index in [1.807, 2.05) is 43.0 Å². The number of nitrogens with one attached hydrogen (secondary N) is 1. The van der Waals surface area contributed by atoms with E-state index in [9.17, 15) is 4.79 Å². The van der Waals surface area contributed by atoms with Crippen LogP contribution in [-0.4, -0.2) is 23.5 Å². The molecule has 0 heterocycles. The van der Waals surface area contributed by atoms with Crippen LogP contribution >= 0.6 is 0 Å². The Morgan fingerprint density at radius 2 is 1.84 bits per heavy atom. The van der Waals surface area contributed by atoms with Gasteiger partial charge in [-0.3, -0.25) is 0 Å². The zero-order chi connectivity index (χ0) is 14.4. The molecule has 3 N–H and O–H groups in total. The maximum atomic E-state index is 12.2. The minimum absolute atomic E-state index is 0.0111. The molecule has 0 fully saturated rings. The van der Waals surface area contributed by atoms with Crippen LogP contribution in [0.4, 0.5) is 10.5 Å². The quantitative estimate of drug-likeness (QED) is 0.855. The molecule has 106 valence electrons. The van der Waals surface area contributed by atoms with Crippen molar-refractivity contribution in [2.75, 3.05) is 11.9 Å². The summed E-state index contributed by atoms with van der Waals surface area (Å²) in [5, 5.41) is 2.92. The number of carbonyl (C=O) groups is 1. The van der Waals surface area contributed by atoms with Gasteiger partial charge in [-0.1, -0.05) is 19.1 Å². The summed E-state index contributed by atoms with van der Waals surface area (Å²) in [7, 11) is 0. The van der Waals surface area contributed by atoms with Gasteiger partial charge in [0.25, 0.3) is 0 Å². The highest BCUT2D eigenvalue weighted by molar-refractivity contribution is 5.89. The predicted molar refractivity (Wildman–Crippen MR) is 80.2 cm³/mol. The summed E-state index contributed by atoms with van der Waals surface area (Å²) in [4.78, 5) is 14.0. The third-order valence-electron chi connectivity index (χ3n) is 3.41. The molecule has 2 unspecified atom stereocenters. The first-order valence-corrected chi connectivity index (χ1v) is 6.92. The number of nitrogens with two attached hydrogens (primary N) is 1. The van der Waals surface area contributed by atoms with Crippen LogP contribution in [0.5, 0.6) is 0 Å². The van der Waals surface area contributed by atoms with Gasteiger partial charge in [0.05, 0.1) is 0 Å². The molecule has 0 aliphatic rings. The van der Waals surface area contributed by atoms with Crippen molar-refractivity contribution in [3.05, 3.63) is 29.8 Å². The highest BCUT2D eigenvalue weighted by Gasteiger charge is 2.16. The lowest BCUT2D eigenvalue weighted by molar-refractivity contribution is 0.195. The molecule has 0 aliphatic heterocycles. The summed E-state index contributed by atoms with van der Waals surface area (Å²) in [6.07, 6.45) is 0.949. The number of hydrogen-bond donors (Lipinski definition) is 2. The van der Waals surface area contributed by atoms with Gasteiger partial charge in [0.2, 0.25) is 0 Å². The molecule has 0 radical (unpaired) electrons. The van der Waals surface area contributed by atoms with Crippen LogP contribution in [0.15, 0.2) is 24.3 Å². The lowest BCUT2D eigenvalue weighted by Crippen LogP contribution is -2.40. The van der Waals surface area contributed by atoms with E-state index >= 15 is 0 Å². The van der Waals surface area contributed by atoms with Crippen LogP contribution in [-0.2, 0) is 0 Å². The molecule has 0 bridgehead atoms. The molecule has 1 aromatic rings. The molecular weight excluding hydrogens is 238 g/mol. The van der Waals surface area contributed by atoms with Crippen molar-refractivity contribution in [1.29, 1.82) is 0 Å². The number of rotatable bonds is 5. The molecule has 0 spiro atoms. The van der Waals surface area contributed by atoms with E-state index < -0.39 is 0 Å². The van der Waals surface area contributed by atoms with Crippen molar-refractivity contribution in [3.8, 4) is 0 Å². The van der Waals surface area contributed by atoms with Crippen molar-refractivity contribution >= 4 is 11.7 Å². The predicted octanol–water partition coefficient (Wildman–Crippen LogP) is 3.36. The molecule has 0 saturated carbocycles. The van der Waals surface area contributed by atoms with E-state index in [1.165, 1.54) is 0 Å². The normalized spacial score (nSPS) is 13.7. The lowest BCUT2D eigenvalue weighted by Gasteiger charge is -2.27. The van der Waals surface area contributed by atoms with Crippen molar-refractivity contribution in [2.24, 2.45) is 5.73 Å². The van der Waals surface area contributed by atoms with Crippen molar-refractivity contribution in [1.82, 2.24) is 4.90 Å². The van der Waals surface area contributed by atoms with E-state index in [2.05, 4.69) is 19.2 Å².